The van der Waals surface area contributed by atoms with E-state index in [2.05, 4.69) is 0 Å². The lowest BCUT2D eigenvalue weighted by molar-refractivity contribution is -0.153. The second kappa shape index (κ2) is 3.54. The van der Waals surface area contributed by atoms with Crippen LogP contribution in [0.5, 0.6) is 0 Å². The molecule has 0 aromatic rings. The normalized spacial score (nSPS) is 37.5. The fourth-order valence-corrected chi connectivity index (χ4v) is 2.78. The molecule has 94 valence electrons. The van der Waals surface area contributed by atoms with Gasteiger partial charge in [0.1, 0.15) is 5.76 Å². The summed E-state index contributed by atoms with van der Waals surface area (Å²) in [4.78, 5) is 23.2. The van der Waals surface area contributed by atoms with Gasteiger partial charge in [0.05, 0.1) is 12.0 Å². The summed E-state index contributed by atoms with van der Waals surface area (Å²) in [6.07, 6.45) is -0.0892. The van der Waals surface area contributed by atoms with Gasteiger partial charge in [-0.3, -0.25) is 9.59 Å². The van der Waals surface area contributed by atoms with Crippen molar-refractivity contribution in [1.29, 1.82) is 0 Å². The molecule has 0 heterocycles. The maximum atomic E-state index is 11.7. The minimum atomic E-state index is -1.94. The number of aliphatic hydroxyl groups is 3. The van der Waals surface area contributed by atoms with Gasteiger partial charge in [-0.05, 0) is 6.42 Å². The van der Waals surface area contributed by atoms with E-state index < -0.39 is 34.1 Å². The number of allylic oxidation sites excluding steroid dienone is 1. The molecule has 2 atom stereocenters. The first kappa shape index (κ1) is 12.1. The molecular formula is C11H14O6. The van der Waals surface area contributed by atoms with Crippen molar-refractivity contribution in [3.05, 3.63) is 11.5 Å². The number of Topliss-reactive ketones (excluding diaryl/α,β-unsaturated/α-hetero) is 2. The van der Waals surface area contributed by atoms with Crippen molar-refractivity contribution < 1.29 is 29.6 Å². The van der Waals surface area contributed by atoms with Crippen LogP contribution in [0.25, 0.3) is 0 Å². The molecule has 0 amide bonds. The Bertz CT molecular complexity index is 426. The second-order valence-corrected chi connectivity index (χ2v) is 4.60. The van der Waals surface area contributed by atoms with Crippen LogP contribution in [0, 0.1) is 5.41 Å². The Kier molecular flexibility index (Phi) is 2.52. The molecule has 0 radical (unpaired) electrons. The predicted octanol–water partition coefficient (Wildman–Crippen LogP) is 0.0136. The molecule has 0 aromatic heterocycles. The van der Waals surface area contributed by atoms with E-state index in [-0.39, 0.29) is 25.9 Å². The molecule has 6 heteroatoms. The first-order valence-corrected chi connectivity index (χ1v) is 5.29. The van der Waals surface area contributed by atoms with Crippen LogP contribution >= 0.6 is 0 Å². The van der Waals surface area contributed by atoms with Gasteiger partial charge in [0.15, 0.2) is 17.1 Å². The molecule has 0 bridgehead atoms. The van der Waals surface area contributed by atoms with Crippen molar-refractivity contribution in [2.24, 2.45) is 5.41 Å². The SMILES string of the molecule is COC[C@@]1(O)C(=O)CCC12CC(=O)C(O)=C2O. The van der Waals surface area contributed by atoms with Crippen LogP contribution in [-0.4, -0.2) is 46.2 Å². The van der Waals surface area contributed by atoms with Gasteiger partial charge in [-0.15, -0.1) is 0 Å². The minimum absolute atomic E-state index is 0.0461. The van der Waals surface area contributed by atoms with Gasteiger partial charge >= 0.3 is 0 Å². The van der Waals surface area contributed by atoms with Crippen LogP contribution in [0.2, 0.25) is 0 Å². The lowest BCUT2D eigenvalue weighted by Gasteiger charge is -2.36. The smallest absolute Gasteiger partial charge is 0.201 e. The van der Waals surface area contributed by atoms with E-state index >= 15 is 0 Å². The van der Waals surface area contributed by atoms with Gasteiger partial charge in [0.25, 0.3) is 0 Å². The number of hydrogen-bond acceptors (Lipinski definition) is 6. The van der Waals surface area contributed by atoms with Gasteiger partial charge in [0.2, 0.25) is 5.78 Å². The van der Waals surface area contributed by atoms with Crippen molar-refractivity contribution >= 4 is 11.6 Å². The Morgan fingerprint density at radius 1 is 1.35 bits per heavy atom. The predicted molar refractivity (Wildman–Crippen MR) is 55.4 cm³/mol. The number of ether oxygens (including phenoxy) is 1. The van der Waals surface area contributed by atoms with Gasteiger partial charge in [-0.2, -0.15) is 0 Å². The molecule has 2 aliphatic carbocycles. The topological polar surface area (TPSA) is 104 Å². The van der Waals surface area contributed by atoms with Crippen molar-refractivity contribution in [2.75, 3.05) is 13.7 Å². The molecule has 1 fully saturated rings. The average Bonchev–Trinajstić information content (AvgIpc) is 2.65. The molecular weight excluding hydrogens is 228 g/mol. The largest absolute Gasteiger partial charge is 0.508 e. The number of carbonyl (C=O) groups is 2. The van der Waals surface area contributed by atoms with Crippen LogP contribution in [-0.2, 0) is 14.3 Å². The van der Waals surface area contributed by atoms with E-state index in [1.807, 2.05) is 0 Å². The third-order valence-corrected chi connectivity index (χ3v) is 3.79. The second-order valence-electron chi connectivity index (χ2n) is 4.60. The van der Waals surface area contributed by atoms with Gasteiger partial charge < -0.3 is 20.1 Å². The van der Waals surface area contributed by atoms with Gasteiger partial charge in [0, 0.05) is 20.0 Å². The molecule has 1 saturated carbocycles. The average molecular weight is 242 g/mol. The quantitative estimate of drug-likeness (QED) is 0.630. The Morgan fingerprint density at radius 2 is 2.00 bits per heavy atom. The summed E-state index contributed by atoms with van der Waals surface area (Å²) in [6.45, 7) is -0.309. The van der Waals surface area contributed by atoms with E-state index in [0.29, 0.717) is 0 Å². The van der Waals surface area contributed by atoms with E-state index in [1.165, 1.54) is 7.11 Å². The van der Waals surface area contributed by atoms with Gasteiger partial charge in [-0.25, -0.2) is 0 Å². The number of hydrogen-bond donors (Lipinski definition) is 3. The molecule has 1 unspecified atom stereocenters. The number of methoxy groups -OCH3 is 1. The Balaban J connectivity index is 2.52. The lowest BCUT2D eigenvalue weighted by Crippen LogP contribution is -2.52. The summed E-state index contributed by atoms with van der Waals surface area (Å²) in [7, 11) is 1.31. The summed E-state index contributed by atoms with van der Waals surface area (Å²) in [5, 5.41) is 29.6. The molecule has 0 saturated heterocycles. The fourth-order valence-electron chi connectivity index (χ4n) is 2.78. The van der Waals surface area contributed by atoms with Crippen molar-refractivity contribution in [3.63, 3.8) is 0 Å². The highest BCUT2D eigenvalue weighted by atomic mass is 16.5. The Morgan fingerprint density at radius 3 is 2.47 bits per heavy atom. The van der Waals surface area contributed by atoms with E-state index in [0.717, 1.165) is 0 Å². The summed E-state index contributed by atoms with van der Waals surface area (Å²) in [5.74, 6) is -2.48. The first-order chi connectivity index (χ1) is 7.89. The zero-order chi connectivity index (χ0) is 12.8. The van der Waals surface area contributed by atoms with Crippen molar-refractivity contribution in [3.8, 4) is 0 Å². The molecule has 17 heavy (non-hydrogen) atoms. The summed E-state index contributed by atoms with van der Waals surface area (Å²) in [5.41, 5.74) is -3.35. The maximum absolute atomic E-state index is 11.7. The Hall–Kier alpha value is -1.40. The minimum Gasteiger partial charge on any atom is -0.508 e. The summed E-state index contributed by atoms with van der Waals surface area (Å²) < 4.78 is 4.81. The number of carbonyl (C=O) groups excluding carboxylic acids is 2. The molecule has 3 N–H and O–H groups in total. The highest BCUT2D eigenvalue weighted by Gasteiger charge is 2.66. The van der Waals surface area contributed by atoms with Crippen LogP contribution in [0.3, 0.4) is 0 Å². The Labute approximate surface area is 97.5 Å². The van der Waals surface area contributed by atoms with Crippen LogP contribution < -0.4 is 0 Å². The zero-order valence-electron chi connectivity index (χ0n) is 9.39. The van der Waals surface area contributed by atoms with Crippen LogP contribution in [0.4, 0.5) is 0 Å². The van der Waals surface area contributed by atoms with Crippen LogP contribution in [0.15, 0.2) is 11.5 Å². The standard InChI is InChI=1S/C11H14O6/c1-17-5-11(16)7(13)2-3-10(11)4-6(12)8(14)9(10)15/h14-16H,2-5H2,1H3/t10?,11-/m1/s1. The third-order valence-electron chi connectivity index (χ3n) is 3.79. The lowest BCUT2D eigenvalue weighted by atomic mass is 9.72. The molecule has 1 spiro atoms. The summed E-state index contributed by atoms with van der Waals surface area (Å²) >= 11 is 0. The van der Waals surface area contributed by atoms with Crippen molar-refractivity contribution in [2.45, 2.75) is 24.9 Å². The number of aliphatic hydroxyl groups excluding tert-OH is 2. The molecule has 6 nitrogen and oxygen atoms in total. The molecule has 0 aromatic carbocycles. The fraction of sp³-hybridized carbons (Fsp3) is 0.636. The third kappa shape index (κ3) is 1.28. The highest BCUT2D eigenvalue weighted by molar-refractivity contribution is 6.01. The highest BCUT2D eigenvalue weighted by Crippen LogP contribution is 2.55. The van der Waals surface area contributed by atoms with E-state index in [1.54, 1.807) is 0 Å². The van der Waals surface area contributed by atoms with Crippen LogP contribution in [0.1, 0.15) is 19.3 Å². The van der Waals surface area contributed by atoms with E-state index in [9.17, 15) is 24.9 Å². The van der Waals surface area contributed by atoms with Gasteiger partial charge in [-0.1, -0.05) is 0 Å². The molecule has 2 aliphatic rings. The zero-order valence-corrected chi connectivity index (χ0v) is 9.39. The van der Waals surface area contributed by atoms with Crippen molar-refractivity contribution in [1.82, 2.24) is 0 Å². The first-order valence-electron chi connectivity index (χ1n) is 5.29. The number of ketones is 2. The van der Waals surface area contributed by atoms with E-state index in [4.69, 9.17) is 4.74 Å². The summed E-state index contributed by atoms with van der Waals surface area (Å²) in [6, 6.07) is 0. The molecule has 0 aliphatic heterocycles. The number of rotatable bonds is 2. The monoisotopic (exact) mass is 242 g/mol. The maximum Gasteiger partial charge on any atom is 0.201 e. The molecule has 2 rings (SSSR count).